The number of nitrogens with zero attached hydrogens (tertiary/aromatic N) is 2. The average Bonchev–Trinajstić information content (AvgIpc) is 2.69. The molecule has 23 heavy (non-hydrogen) atoms. The van der Waals surface area contributed by atoms with Crippen molar-refractivity contribution >= 4 is 21.8 Å². The summed E-state index contributed by atoms with van der Waals surface area (Å²) in [6.07, 6.45) is 7.53. The topological polar surface area (TPSA) is 46.0 Å². The van der Waals surface area contributed by atoms with Gasteiger partial charge >= 0.3 is 0 Å². The Balaban J connectivity index is 2.17. The second-order valence-corrected chi connectivity index (χ2v) is 5.75. The maximum absolute atomic E-state index is 13.5. The van der Waals surface area contributed by atoms with E-state index < -0.39 is 0 Å². The lowest BCUT2D eigenvalue weighted by Crippen LogP contribution is -2.08. The number of likely N-dealkylation sites (N-methyl/N-ethyl adjacent to an activating group) is 1. The second kappa shape index (κ2) is 8.51. The largest absolute Gasteiger partial charge is 0.481 e. The summed E-state index contributed by atoms with van der Waals surface area (Å²) in [6, 6.07) is 0. The van der Waals surface area contributed by atoms with E-state index in [-0.39, 0.29) is 12.4 Å². The minimum atomic E-state index is -0.261. The normalized spacial score (nSPS) is 17.9. The predicted octanol–water partition coefficient (Wildman–Crippen LogP) is 3.33. The van der Waals surface area contributed by atoms with Gasteiger partial charge < -0.3 is 10.1 Å². The molecule has 2 bridgehead atoms. The number of hydrogen-bond acceptors (Lipinski definition) is 5. The van der Waals surface area contributed by atoms with Crippen molar-refractivity contribution in [1.29, 1.82) is 0 Å². The Morgan fingerprint density at radius 1 is 1.48 bits per heavy atom. The summed E-state index contributed by atoms with van der Waals surface area (Å²) in [5.41, 5.74) is 1.50. The van der Waals surface area contributed by atoms with E-state index in [4.69, 9.17) is 4.74 Å². The third-order valence-electron chi connectivity index (χ3n) is 2.94. The van der Waals surface area contributed by atoms with Crippen molar-refractivity contribution in [3.05, 3.63) is 47.3 Å². The number of allylic oxidation sites excluding steroid dienone is 6. The number of rotatable bonds is 4. The molecule has 2 heterocycles. The van der Waals surface area contributed by atoms with Gasteiger partial charge in [-0.15, -0.1) is 0 Å². The lowest BCUT2D eigenvalue weighted by molar-refractivity contribution is 0.289. The van der Waals surface area contributed by atoms with Crippen molar-refractivity contribution in [3.8, 4) is 11.8 Å². The molecule has 0 saturated carbocycles. The number of halogens is 1. The number of hydrogen-bond donors (Lipinski definition) is 1. The van der Waals surface area contributed by atoms with Gasteiger partial charge in [0.15, 0.2) is 5.04 Å². The molecular formula is C17H18FN3OS. The maximum atomic E-state index is 13.5. The summed E-state index contributed by atoms with van der Waals surface area (Å²) in [6.45, 7) is 2.01. The van der Waals surface area contributed by atoms with Crippen LogP contribution >= 0.6 is 11.8 Å². The van der Waals surface area contributed by atoms with Gasteiger partial charge in [0.1, 0.15) is 5.83 Å². The zero-order valence-electron chi connectivity index (χ0n) is 13.3. The van der Waals surface area contributed by atoms with Gasteiger partial charge in [-0.2, -0.15) is 0 Å². The smallest absolute Gasteiger partial charge is 0.213 e. The summed E-state index contributed by atoms with van der Waals surface area (Å²) >= 11 is 1.41. The van der Waals surface area contributed by atoms with Crippen LogP contribution in [0, 0.1) is 11.8 Å². The molecule has 0 aliphatic carbocycles. The van der Waals surface area contributed by atoms with E-state index in [2.05, 4.69) is 27.1 Å². The second-order valence-electron chi connectivity index (χ2n) is 4.68. The SMILES string of the molecule is C/C=C(C#CC1=NC2=CC=C(OC)N=C(C2)S1)\C=C(\F)CNC. The highest BCUT2D eigenvalue weighted by Gasteiger charge is 2.17. The Morgan fingerprint density at radius 2 is 2.30 bits per heavy atom. The fourth-order valence-corrected chi connectivity index (χ4v) is 2.70. The van der Waals surface area contributed by atoms with Gasteiger partial charge in [-0.1, -0.05) is 12.0 Å². The third-order valence-corrected chi connectivity index (χ3v) is 3.79. The van der Waals surface area contributed by atoms with Crippen LogP contribution in [0.3, 0.4) is 0 Å². The number of fused-ring (bicyclic) bond motifs is 2. The molecule has 0 amide bonds. The predicted molar refractivity (Wildman–Crippen MR) is 94.9 cm³/mol. The summed E-state index contributed by atoms with van der Waals surface area (Å²) < 4.78 is 18.7. The number of aliphatic imine (C=N–C) groups is 2. The van der Waals surface area contributed by atoms with Gasteiger partial charge in [0.05, 0.1) is 12.2 Å². The minimum Gasteiger partial charge on any atom is -0.481 e. The van der Waals surface area contributed by atoms with E-state index in [0.717, 1.165) is 10.7 Å². The van der Waals surface area contributed by atoms with Gasteiger partial charge in [0.25, 0.3) is 0 Å². The highest BCUT2D eigenvalue weighted by molar-refractivity contribution is 8.27. The van der Waals surface area contributed by atoms with Crippen LogP contribution in [0.1, 0.15) is 13.3 Å². The van der Waals surface area contributed by atoms with Crippen molar-refractivity contribution in [1.82, 2.24) is 5.32 Å². The van der Waals surface area contributed by atoms with Crippen LogP contribution in [0.25, 0.3) is 0 Å². The van der Waals surface area contributed by atoms with Crippen molar-refractivity contribution in [2.24, 2.45) is 9.98 Å². The molecule has 0 fully saturated rings. The number of nitrogens with one attached hydrogen (secondary N) is 1. The van der Waals surface area contributed by atoms with Gasteiger partial charge in [0.2, 0.25) is 5.88 Å². The Morgan fingerprint density at radius 3 is 3.00 bits per heavy atom. The fourth-order valence-electron chi connectivity index (χ4n) is 1.85. The highest BCUT2D eigenvalue weighted by Crippen LogP contribution is 2.27. The van der Waals surface area contributed by atoms with E-state index >= 15 is 0 Å². The zero-order chi connectivity index (χ0) is 16.7. The molecule has 2 aliphatic heterocycles. The third kappa shape index (κ3) is 5.23. The van der Waals surface area contributed by atoms with Crippen LogP contribution < -0.4 is 5.32 Å². The van der Waals surface area contributed by atoms with Gasteiger partial charge in [-0.3, -0.25) is 0 Å². The molecule has 0 spiro atoms. The zero-order valence-corrected chi connectivity index (χ0v) is 14.1. The van der Waals surface area contributed by atoms with Crippen LogP contribution in [-0.4, -0.2) is 30.8 Å². The van der Waals surface area contributed by atoms with E-state index in [1.165, 1.54) is 17.8 Å². The molecule has 120 valence electrons. The summed E-state index contributed by atoms with van der Waals surface area (Å²) in [5.74, 6) is 6.23. The maximum Gasteiger partial charge on any atom is 0.213 e. The lowest BCUT2D eigenvalue weighted by atomic mass is 10.2. The first-order valence-corrected chi connectivity index (χ1v) is 7.94. The summed E-state index contributed by atoms with van der Waals surface area (Å²) in [4.78, 5) is 8.89. The van der Waals surface area contributed by atoms with Crippen LogP contribution in [0.15, 0.2) is 57.3 Å². The molecule has 2 rings (SSSR count). The summed E-state index contributed by atoms with van der Waals surface area (Å²) in [5, 5.41) is 4.29. The molecule has 2 aliphatic rings. The van der Waals surface area contributed by atoms with Crippen LogP contribution in [0.4, 0.5) is 4.39 Å². The lowest BCUT2D eigenvalue weighted by Gasteiger charge is -2.10. The molecule has 0 unspecified atom stereocenters. The van der Waals surface area contributed by atoms with E-state index in [9.17, 15) is 4.39 Å². The molecule has 0 radical (unpaired) electrons. The van der Waals surface area contributed by atoms with Crippen LogP contribution in [-0.2, 0) is 4.74 Å². The molecule has 6 heteroatoms. The van der Waals surface area contributed by atoms with Gasteiger partial charge in [0, 0.05) is 30.3 Å². The van der Waals surface area contributed by atoms with Crippen molar-refractivity contribution in [2.45, 2.75) is 13.3 Å². The van der Waals surface area contributed by atoms with E-state index in [0.29, 0.717) is 22.9 Å². The monoisotopic (exact) mass is 331 g/mol. The van der Waals surface area contributed by atoms with Crippen molar-refractivity contribution < 1.29 is 9.13 Å². The molecule has 4 nitrogen and oxygen atoms in total. The number of methoxy groups -OCH3 is 1. The van der Waals surface area contributed by atoms with Crippen LogP contribution in [0.2, 0.25) is 0 Å². The first-order chi connectivity index (χ1) is 11.1. The molecule has 0 aromatic heterocycles. The molecule has 0 aromatic carbocycles. The Labute approximate surface area is 140 Å². The standard InChI is InChI=1S/C17H18FN3OS/c1-4-12(9-13(18)11-19-2)5-8-16-20-14-6-7-15(22-3)21-17(10-14)23-16/h4,6-7,9,19H,10-11H2,1-3H3/b12-4-,13-9+. The van der Waals surface area contributed by atoms with E-state index in [1.807, 2.05) is 13.0 Å². The quantitative estimate of drug-likeness (QED) is 0.635. The number of ether oxygens (including phenoxy) is 1. The molecular weight excluding hydrogens is 313 g/mol. The van der Waals surface area contributed by atoms with Crippen molar-refractivity contribution in [3.63, 3.8) is 0 Å². The number of thioether (sulfide) groups is 1. The first-order valence-electron chi connectivity index (χ1n) is 7.12. The van der Waals surface area contributed by atoms with E-state index in [1.54, 1.807) is 26.3 Å². The molecule has 0 aromatic rings. The Bertz CT molecular complexity index is 718. The fraction of sp³-hybridized carbons (Fsp3) is 0.294. The first kappa shape index (κ1) is 17.3. The highest BCUT2D eigenvalue weighted by atomic mass is 32.2. The van der Waals surface area contributed by atoms with Crippen molar-refractivity contribution in [2.75, 3.05) is 20.7 Å². The van der Waals surface area contributed by atoms with Crippen LogP contribution in [0.5, 0.6) is 0 Å². The minimum absolute atomic E-state index is 0.184. The Hall–Kier alpha value is -2.10. The molecule has 0 saturated heterocycles. The average molecular weight is 331 g/mol. The van der Waals surface area contributed by atoms with Gasteiger partial charge in [-0.25, -0.2) is 14.4 Å². The molecule has 0 atom stereocenters. The Kier molecular flexibility index (Phi) is 6.39. The summed E-state index contributed by atoms with van der Waals surface area (Å²) in [7, 11) is 3.28. The van der Waals surface area contributed by atoms with Gasteiger partial charge in [-0.05, 0) is 43.8 Å². The molecule has 1 N–H and O–H groups in total.